The maximum Gasteiger partial charge on any atom is 0.0723 e. The Balaban J connectivity index is 1.07. The normalized spacial score (nSPS) is 20.6. The van der Waals surface area contributed by atoms with E-state index in [1.807, 2.05) is 24.9 Å². The minimum Gasteiger partial charge on any atom is -0.311 e. The zero-order valence-electron chi connectivity index (χ0n) is 33.6. The largest absolute Gasteiger partial charge is 0.311 e. The van der Waals surface area contributed by atoms with Gasteiger partial charge in [0, 0.05) is 67.9 Å². The van der Waals surface area contributed by atoms with Crippen molar-refractivity contribution in [2.45, 2.75) is 75.5 Å². The number of halogens is 2. The quantitative estimate of drug-likeness (QED) is 0.174. The summed E-state index contributed by atoms with van der Waals surface area (Å²) in [5, 5.41) is 0. The molecule has 0 amide bonds. The maximum atomic E-state index is 5.15. The lowest BCUT2D eigenvalue weighted by atomic mass is 9.91. The topological polar surface area (TPSA) is 55.9 Å². The van der Waals surface area contributed by atoms with Crippen LogP contribution >= 0.6 is 31.9 Å². The molecule has 0 radical (unpaired) electrons. The Bertz CT molecular complexity index is 2150. The first-order valence-electron chi connectivity index (χ1n) is 21.2. The third-order valence-corrected chi connectivity index (χ3v) is 12.9. The van der Waals surface area contributed by atoms with E-state index in [4.69, 9.17) is 20.0 Å². The molecule has 0 aromatic heterocycles. The summed E-state index contributed by atoms with van der Waals surface area (Å²) in [5.74, 6) is 0. The smallest absolute Gasteiger partial charge is 0.0723 e. The van der Waals surface area contributed by atoms with Gasteiger partial charge in [-0.3, -0.25) is 20.0 Å². The van der Waals surface area contributed by atoms with Crippen LogP contribution < -0.4 is 9.80 Å². The number of benzene rings is 6. The SMILES string of the molecule is Brc1ccc(N2c3ccc(cc3)C=N[C@@H]3CCCC[C@H]3N=Cc3ccc(cc3)N(c3ccc(Br)cc3)c3ccc(cc3)C=N[C@@H]3CCCC[C@H]3N=Cc3ccc2cc3)cc1. The number of anilines is 6. The van der Waals surface area contributed by atoms with Gasteiger partial charge in [0.1, 0.15) is 0 Å². The molecule has 2 fully saturated rings. The average Bonchev–Trinajstić information content (AvgIpc) is 3.29. The van der Waals surface area contributed by atoms with Gasteiger partial charge in [0.05, 0.1) is 24.2 Å². The molecule has 8 bridgehead atoms. The number of hydrogen-bond acceptors (Lipinski definition) is 6. The van der Waals surface area contributed by atoms with Gasteiger partial charge in [-0.25, -0.2) is 0 Å². The average molecular weight is 917 g/mol. The molecule has 0 unspecified atom stereocenters. The predicted molar refractivity (Wildman–Crippen MR) is 260 cm³/mol. The summed E-state index contributed by atoms with van der Waals surface area (Å²) in [7, 11) is 0. The highest BCUT2D eigenvalue weighted by molar-refractivity contribution is 9.10. The van der Waals surface area contributed by atoms with E-state index in [1.165, 1.54) is 25.7 Å². The molecule has 9 aliphatic rings. The Morgan fingerprint density at radius 2 is 0.500 bits per heavy atom. The van der Waals surface area contributed by atoms with Crippen LogP contribution in [0.15, 0.2) is 175 Å². The summed E-state index contributed by atoms with van der Waals surface area (Å²) in [6.07, 6.45) is 17.0. The lowest BCUT2D eigenvalue weighted by molar-refractivity contribution is 0.390. The van der Waals surface area contributed by atoms with E-state index >= 15 is 0 Å². The molecular formula is C52H48Br2N6. The fourth-order valence-electron chi connectivity index (χ4n) is 8.52. The Morgan fingerprint density at radius 1 is 0.300 bits per heavy atom. The minimum absolute atomic E-state index is 0.153. The molecular weight excluding hydrogens is 868 g/mol. The third kappa shape index (κ3) is 9.61. The molecule has 60 heavy (non-hydrogen) atoms. The number of aliphatic imine (C=N–C) groups is 4. The molecule has 15 rings (SSSR count). The van der Waals surface area contributed by atoms with Crippen LogP contribution in [-0.2, 0) is 0 Å². The molecule has 2 aliphatic carbocycles. The van der Waals surface area contributed by atoms with Gasteiger partial charge >= 0.3 is 0 Å². The van der Waals surface area contributed by atoms with Crippen molar-refractivity contribution in [3.63, 3.8) is 0 Å². The second kappa shape index (κ2) is 18.9. The summed E-state index contributed by atoms with van der Waals surface area (Å²) < 4.78 is 2.10. The molecule has 4 atom stereocenters. The second-order valence-electron chi connectivity index (χ2n) is 15.9. The Hall–Kier alpha value is -5.44. The molecule has 0 saturated heterocycles. The maximum absolute atomic E-state index is 5.15. The van der Waals surface area contributed by atoms with Gasteiger partial charge in [0.2, 0.25) is 0 Å². The lowest BCUT2D eigenvalue weighted by Crippen LogP contribution is -2.27. The fourth-order valence-corrected chi connectivity index (χ4v) is 9.05. The van der Waals surface area contributed by atoms with Crippen LogP contribution in [0.5, 0.6) is 0 Å². The first-order chi connectivity index (χ1) is 29.5. The minimum atomic E-state index is 0.153. The van der Waals surface area contributed by atoms with Gasteiger partial charge in [0.25, 0.3) is 0 Å². The third-order valence-electron chi connectivity index (χ3n) is 11.8. The van der Waals surface area contributed by atoms with E-state index in [0.717, 1.165) is 91.0 Å². The van der Waals surface area contributed by atoms with Gasteiger partial charge in [-0.1, -0.05) is 106 Å². The second-order valence-corrected chi connectivity index (χ2v) is 17.8. The molecule has 6 aromatic carbocycles. The molecule has 7 aliphatic heterocycles. The van der Waals surface area contributed by atoms with Crippen molar-refractivity contribution in [1.29, 1.82) is 0 Å². The summed E-state index contributed by atoms with van der Waals surface area (Å²) >= 11 is 7.25. The summed E-state index contributed by atoms with van der Waals surface area (Å²) in [6, 6.07) is 52.4. The zero-order valence-corrected chi connectivity index (χ0v) is 36.7. The Labute approximate surface area is 370 Å². The van der Waals surface area contributed by atoms with Crippen LogP contribution in [0.25, 0.3) is 0 Å². The summed E-state index contributed by atoms with van der Waals surface area (Å²) in [4.78, 5) is 25.2. The van der Waals surface area contributed by atoms with E-state index in [9.17, 15) is 0 Å². The monoisotopic (exact) mass is 914 g/mol. The summed E-state index contributed by atoms with van der Waals surface area (Å²) in [6.45, 7) is 0. The van der Waals surface area contributed by atoms with Crippen molar-refractivity contribution >= 4 is 90.8 Å². The van der Waals surface area contributed by atoms with Crippen LogP contribution in [-0.4, -0.2) is 49.0 Å². The number of hydrogen-bond donors (Lipinski definition) is 0. The van der Waals surface area contributed by atoms with Gasteiger partial charge < -0.3 is 9.80 Å². The predicted octanol–water partition coefficient (Wildman–Crippen LogP) is 14.2. The van der Waals surface area contributed by atoms with Crippen LogP contribution in [0, 0.1) is 0 Å². The van der Waals surface area contributed by atoms with Gasteiger partial charge in [0.15, 0.2) is 0 Å². The van der Waals surface area contributed by atoms with Crippen LogP contribution in [0.1, 0.15) is 73.6 Å². The first-order valence-corrected chi connectivity index (χ1v) is 22.8. The first kappa shape index (κ1) is 40.0. The molecule has 0 N–H and O–H groups in total. The zero-order chi connectivity index (χ0) is 40.7. The molecule has 2 saturated carbocycles. The van der Waals surface area contributed by atoms with Crippen molar-refractivity contribution in [2.75, 3.05) is 9.80 Å². The number of nitrogens with zero attached hydrogens (tertiary/aromatic N) is 6. The summed E-state index contributed by atoms with van der Waals surface area (Å²) in [5.41, 5.74) is 10.8. The van der Waals surface area contributed by atoms with Crippen molar-refractivity contribution < 1.29 is 0 Å². The van der Waals surface area contributed by atoms with E-state index in [0.29, 0.717) is 0 Å². The standard InChI is InChI=1S/C52H48Br2N6/c53-41-17-29-47(30-18-41)59-43-21-9-37(10-22-43)33-55-49-5-1-2-6-50(49)56-34-38-11-23-44(24-12-38)60(48-31-19-42(54)20-32-48)46-27-15-40(16-28-46)36-58-52-8-4-3-7-51(52)57-35-39-13-25-45(59)26-14-39/h9-36,49-52H,1-8H2/t49-,50-,51-,52-/m1/s1. The van der Waals surface area contributed by atoms with E-state index in [-0.39, 0.29) is 24.2 Å². The molecule has 8 heteroatoms. The van der Waals surface area contributed by atoms with Gasteiger partial charge in [-0.2, -0.15) is 0 Å². The molecule has 0 spiro atoms. The van der Waals surface area contributed by atoms with Gasteiger partial charge in [-0.15, -0.1) is 0 Å². The Kier molecular flexibility index (Phi) is 12.6. The van der Waals surface area contributed by atoms with Crippen molar-refractivity contribution in [1.82, 2.24) is 0 Å². The van der Waals surface area contributed by atoms with Crippen LogP contribution in [0.2, 0.25) is 0 Å². The van der Waals surface area contributed by atoms with Gasteiger partial charge in [-0.05, 0) is 145 Å². The lowest BCUT2D eigenvalue weighted by Gasteiger charge is -2.27. The van der Waals surface area contributed by atoms with E-state index in [1.54, 1.807) is 0 Å². The van der Waals surface area contributed by atoms with Crippen molar-refractivity contribution in [2.24, 2.45) is 20.0 Å². The van der Waals surface area contributed by atoms with E-state index in [2.05, 4.69) is 187 Å². The Morgan fingerprint density at radius 3 is 0.717 bits per heavy atom. The highest BCUT2D eigenvalue weighted by Crippen LogP contribution is 2.37. The molecule has 300 valence electrons. The highest BCUT2D eigenvalue weighted by atomic mass is 79.9. The molecule has 6 aromatic rings. The molecule has 6 nitrogen and oxygen atoms in total. The molecule has 7 heterocycles. The van der Waals surface area contributed by atoms with Crippen molar-refractivity contribution in [3.05, 3.63) is 177 Å². The van der Waals surface area contributed by atoms with Crippen LogP contribution in [0.3, 0.4) is 0 Å². The van der Waals surface area contributed by atoms with Crippen LogP contribution in [0.4, 0.5) is 34.1 Å². The number of rotatable bonds is 2. The van der Waals surface area contributed by atoms with E-state index < -0.39 is 0 Å². The fraction of sp³-hybridized carbons (Fsp3) is 0.231. The van der Waals surface area contributed by atoms with Crippen molar-refractivity contribution in [3.8, 4) is 0 Å². The highest BCUT2D eigenvalue weighted by Gasteiger charge is 2.25.